The zero-order chi connectivity index (χ0) is 10.8. The highest BCUT2D eigenvalue weighted by Gasteiger charge is 2.34. The van der Waals surface area contributed by atoms with Crippen LogP contribution < -0.4 is 5.43 Å². The number of nitrogens with one attached hydrogen (secondary N) is 1. The summed E-state index contributed by atoms with van der Waals surface area (Å²) in [5.74, 6) is 0.633. The molecule has 4 heteroatoms. The van der Waals surface area contributed by atoms with Crippen molar-refractivity contribution in [3.8, 4) is 0 Å². The van der Waals surface area contributed by atoms with Gasteiger partial charge < -0.3 is 0 Å². The SMILES string of the molecule is CCCN1C(=O)N(C)NCC=C1C1CC1. The smallest absolute Gasteiger partial charge is 0.297 e. The molecule has 2 amide bonds. The maximum Gasteiger partial charge on any atom is 0.338 e. The van der Waals surface area contributed by atoms with E-state index in [0.717, 1.165) is 19.5 Å². The maximum atomic E-state index is 12.0. The Hall–Kier alpha value is -1.03. The van der Waals surface area contributed by atoms with E-state index >= 15 is 0 Å². The van der Waals surface area contributed by atoms with E-state index < -0.39 is 0 Å². The summed E-state index contributed by atoms with van der Waals surface area (Å²) in [6, 6.07) is 0.0764. The molecule has 0 atom stereocenters. The lowest BCUT2D eigenvalue weighted by molar-refractivity contribution is 0.160. The fourth-order valence-corrected chi connectivity index (χ4v) is 1.97. The van der Waals surface area contributed by atoms with Crippen molar-refractivity contribution in [3.05, 3.63) is 11.8 Å². The van der Waals surface area contributed by atoms with Crippen LogP contribution in [0.5, 0.6) is 0 Å². The summed E-state index contributed by atoms with van der Waals surface area (Å²) in [5.41, 5.74) is 4.30. The Bertz CT molecular complexity index is 284. The normalized spacial score (nSPS) is 22.8. The van der Waals surface area contributed by atoms with Gasteiger partial charge in [0.2, 0.25) is 0 Å². The molecule has 0 radical (unpaired) electrons. The van der Waals surface area contributed by atoms with E-state index in [1.807, 2.05) is 4.90 Å². The first-order valence-corrected chi connectivity index (χ1v) is 5.72. The number of allylic oxidation sites excluding steroid dienone is 1. The van der Waals surface area contributed by atoms with Crippen LogP contribution in [-0.2, 0) is 0 Å². The average molecular weight is 209 g/mol. The molecular formula is C11H19N3O. The number of nitrogens with zero attached hydrogens (tertiary/aromatic N) is 2. The summed E-state index contributed by atoms with van der Waals surface area (Å²) in [6.45, 7) is 3.69. The van der Waals surface area contributed by atoms with Crippen molar-refractivity contribution >= 4 is 6.03 Å². The second kappa shape index (κ2) is 4.23. The quantitative estimate of drug-likeness (QED) is 0.765. The van der Waals surface area contributed by atoms with Crippen LogP contribution in [0.25, 0.3) is 0 Å². The number of rotatable bonds is 3. The molecule has 0 saturated heterocycles. The van der Waals surface area contributed by atoms with Crippen LogP contribution in [0, 0.1) is 5.92 Å². The van der Waals surface area contributed by atoms with Crippen LogP contribution in [0.4, 0.5) is 4.79 Å². The summed E-state index contributed by atoms with van der Waals surface area (Å²) in [5, 5.41) is 1.58. The van der Waals surface area contributed by atoms with E-state index in [9.17, 15) is 4.79 Å². The van der Waals surface area contributed by atoms with Crippen molar-refractivity contribution in [2.45, 2.75) is 26.2 Å². The molecule has 4 nitrogen and oxygen atoms in total. The van der Waals surface area contributed by atoms with Crippen molar-refractivity contribution in [1.82, 2.24) is 15.3 Å². The molecule has 2 aliphatic rings. The fourth-order valence-electron chi connectivity index (χ4n) is 1.97. The highest BCUT2D eigenvalue weighted by Crippen LogP contribution is 2.38. The lowest BCUT2D eigenvalue weighted by Crippen LogP contribution is -2.45. The Morgan fingerprint density at radius 1 is 1.53 bits per heavy atom. The molecule has 0 aromatic rings. The molecule has 1 fully saturated rings. The third kappa shape index (κ3) is 2.15. The van der Waals surface area contributed by atoms with Crippen molar-refractivity contribution in [3.63, 3.8) is 0 Å². The van der Waals surface area contributed by atoms with E-state index in [1.54, 1.807) is 12.1 Å². The number of urea groups is 1. The number of carbonyl (C=O) groups is 1. The number of carbonyl (C=O) groups excluding carboxylic acids is 1. The summed E-state index contributed by atoms with van der Waals surface area (Å²) < 4.78 is 0. The van der Waals surface area contributed by atoms with Gasteiger partial charge in [0.05, 0.1) is 0 Å². The molecule has 0 bridgehead atoms. The molecule has 0 spiro atoms. The first-order valence-electron chi connectivity index (χ1n) is 5.72. The number of amides is 2. The third-order valence-corrected chi connectivity index (χ3v) is 2.91. The van der Waals surface area contributed by atoms with E-state index in [0.29, 0.717) is 5.92 Å². The standard InChI is InChI=1S/C11H19N3O/c1-3-8-14-10(9-4-5-9)6-7-12-13(2)11(14)15/h6,9,12H,3-5,7-8H2,1-2H3. The van der Waals surface area contributed by atoms with Gasteiger partial charge in [-0.15, -0.1) is 0 Å². The first-order chi connectivity index (χ1) is 7.24. The molecule has 84 valence electrons. The molecule has 0 aromatic heterocycles. The molecule has 1 N–H and O–H groups in total. The molecular weight excluding hydrogens is 190 g/mol. The predicted molar refractivity (Wildman–Crippen MR) is 59.0 cm³/mol. The maximum absolute atomic E-state index is 12.0. The second-order valence-electron chi connectivity index (χ2n) is 4.26. The highest BCUT2D eigenvalue weighted by atomic mass is 16.2. The molecule has 0 aromatic carbocycles. The van der Waals surface area contributed by atoms with Crippen LogP contribution in [0.3, 0.4) is 0 Å². The Morgan fingerprint density at radius 2 is 2.27 bits per heavy atom. The Kier molecular flexibility index (Phi) is 2.95. The summed E-state index contributed by atoms with van der Waals surface area (Å²) in [4.78, 5) is 14.0. The van der Waals surface area contributed by atoms with Gasteiger partial charge in [-0.25, -0.2) is 10.2 Å². The lowest BCUT2D eigenvalue weighted by Gasteiger charge is -2.27. The minimum Gasteiger partial charge on any atom is -0.297 e. The van der Waals surface area contributed by atoms with Gasteiger partial charge in [-0.2, -0.15) is 0 Å². The number of hydrogen-bond donors (Lipinski definition) is 1. The van der Waals surface area contributed by atoms with Gasteiger partial charge in [0, 0.05) is 25.8 Å². The van der Waals surface area contributed by atoms with E-state index in [2.05, 4.69) is 18.4 Å². The zero-order valence-corrected chi connectivity index (χ0v) is 9.49. The van der Waals surface area contributed by atoms with E-state index in [-0.39, 0.29) is 6.03 Å². The molecule has 1 aliphatic carbocycles. The summed E-state index contributed by atoms with van der Waals surface area (Å²) in [7, 11) is 1.79. The van der Waals surface area contributed by atoms with Crippen molar-refractivity contribution < 1.29 is 4.79 Å². The topological polar surface area (TPSA) is 35.6 Å². The van der Waals surface area contributed by atoms with Crippen molar-refractivity contribution in [2.24, 2.45) is 5.92 Å². The van der Waals surface area contributed by atoms with Gasteiger partial charge in [-0.3, -0.25) is 9.91 Å². The minimum absolute atomic E-state index is 0.0764. The van der Waals surface area contributed by atoms with Crippen LogP contribution in [0.2, 0.25) is 0 Å². The van der Waals surface area contributed by atoms with Crippen LogP contribution in [0.1, 0.15) is 26.2 Å². The van der Waals surface area contributed by atoms with Crippen LogP contribution in [0.15, 0.2) is 11.8 Å². The number of hydrazine groups is 1. The fraction of sp³-hybridized carbons (Fsp3) is 0.727. The molecule has 1 heterocycles. The first kappa shape index (κ1) is 10.5. The number of hydrogen-bond acceptors (Lipinski definition) is 2. The minimum atomic E-state index is 0.0764. The Labute approximate surface area is 90.9 Å². The summed E-state index contributed by atoms with van der Waals surface area (Å²) >= 11 is 0. The third-order valence-electron chi connectivity index (χ3n) is 2.91. The average Bonchev–Trinajstić information content (AvgIpc) is 3.03. The molecule has 1 aliphatic heterocycles. The largest absolute Gasteiger partial charge is 0.338 e. The van der Waals surface area contributed by atoms with Gasteiger partial charge in [0.15, 0.2) is 0 Å². The molecule has 15 heavy (non-hydrogen) atoms. The summed E-state index contributed by atoms with van der Waals surface area (Å²) in [6.07, 6.45) is 5.64. The van der Waals surface area contributed by atoms with Gasteiger partial charge in [0.1, 0.15) is 0 Å². The van der Waals surface area contributed by atoms with Crippen molar-refractivity contribution in [2.75, 3.05) is 20.1 Å². The Balaban J connectivity index is 2.17. The highest BCUT2D eigenvalue weighted by molar-refractivity contribution is 5.76. The van der Waals surface area contributed by atoms with E-state index in [4.69, 9.17) is 0 Å². The van der Waals surface area contributed by atoms with E-state index in [1.165, 1.54) is 18.5 Å². The van der Waals surface area contributed by atoms with Gasteiger partial charge in [-0.1, -0.05) is 6.92 Å². The molecule has 1 saturated carbocycles. The monoisotopic (exact) mass is 209 g/mol. The molecule has 0 unspecified atom stereocenters. The van der Waals surface area contributed by atoms with Crippen molar-refractivity contribution in [1.29, 1.82) is 0 Å². The van der Waals surface area contributed by atoms with Gasteiger partial charge >= 0.3 is 6.03 Å². The van der Waals surface area contributed by atoms with Crippen LogP contribution in [-0.4, -0.2) is 36.1 Å². The predicted octanol–water partition coefficient (Wildman–Crippen LogP) is 1.56. The lowest BCUT2D eigenvalue weighted by atomic mass is 10.2. The zero-order valence-electron chi connectivity index (χ0n) is 9.49. The second-order valence-corrected chi connectivity index (χ2v) is 4.26. The van der Waals surface area contributed by atoms with Gasteiger partial charge in [0.25, 0.3) is 0 Å². The van der Waals surface area contributed by atoms with Gasteiger partial charge in [-0.05, 0) is 31.3 Å². The van der Waals surface area contributed by atoms with Crippen LogP contribution >= 0.6 is 0 Å². The molecule has 2 rings (SSSR count). The Morgan fingerprint density at radius 3 is 2.87 bits per heavy atom.